The van der Waals surface area contributed by atoms with Crippen LogP contribution in [-0.2, 0) is 14.3 Å². The smallest absolute Gasteiger partial charge is 0.339 e. The van der Waals surface area contributed by atoms with Gasteiger partial charge in [0.15, 0.2) is 6.61 Å². The molecule has 0 saturated carbocycles. The molecule has 3 amide bonds. The van der Waals surface area contributed by atoms with Crippen LogP contribution in [0, 0.1) is 0 Å². The predicted molar refractivity (Wildman–Crippen MR) is 128 cm³/mol. The highest BCUT2D eigenvalue weighted by molar-refractivity contribution is 6.22. The lowest BCUT2D eigenvalue weighted by atomic mass is 10.0. The first-order chi connectivity index (χ1) is 16.5. The van der Waals surface area contributed by atoms with Gasteiger partial charge in [-0.05, 0) is 42.0 Å². The van der Waals surface area contributed by atoms with Gasteiger partial charge in [-0.1, -0.05) is 48.5 Å². The minimum absolute atomic E-state index is 0.237. The largest absolute Gasteiger partial charge is 0.497 e. The molecule has 0 aliphatic carbocycles. The average Bonchev–Trinajstić information content (AvgIpc) is 2.87. The van der Waals surface area contributed by atoms with Crippen LogP contribution >= 0.6 is 0 Å². The van der Waals surface area contributed by atoms with Crippen molar-refractivity contribution in [3.8, 4) is 11.5 Å². The Morgan fingerprint density at radius 2 is 1.50 bits per heavy atom. The van der Waals surface area contributed by atoms with Gasteiger partial charge < -0.3 is 19.5 Å². The summed E-state index contributed by atoms with van der Waals surface area (Å²) in [6.45, 7) is -0.634. The first-order valence-corrected chi connectivity index (χ1v) is 10.3. The second-order valence-electron chi connectivity index (χ2n) is 6.97. The number of methoxy groups -OCH3 is 2. The zero-order valence-electron chi connectivity index (χ0n) is 18.7. The zero-order chi connectivity index (χ0) is 24.3. The fourth-order valence-corrected chi connectivity index (χ4v) is 3.03. The second-order valence-corrected chi connectivity index (χ2v) is 6.97. The summed E-state index contributed by atoms with van der Waals surface area (Å²) in [6, 6.07) is 21.9. The Balaban J connectivity index is 1.65. The number of nitrogens with one attached hydrogen (secondary N) is 2. The third kappa shape index (κ3) is 6.70. The molecule has 0 spiro atoms. The Bertz CT molecular complexity index is 1170. The quantitative estimate of drug-likeness (QED) is 0.298. The molecule has 0 aliphatic heterocycles. The van der Waals surface area contributed by atoms with Gasteiger partial charge >= 0.3 is 12.0 Å². The Morgan fingerprint density at radius 1 is 0.824 bits per heavy atom. The lowest BCUT2D eigenvalue weighted by Crippen LogP contribution is -2.37. The van der Waals surface area contributed by atoms with Gasteiger partial charge in [0, 0.05) is 11.3 Å². The fraction of sp³-hybridized carbons (Fsp3) is 0.115. The van der Waals surface area contributed by atoms with Gasteiger partial charge in [0.2, 0.25) is 0 Å². The van der Waals surface area contributed by atoms with E-state index in [0.717, 1.165) is 0 Å². The number of hydrogen-bond acceptors (Lipinski definition) is 6. The van der Waals surface area contributed by atoms with Crippen molar-refractivity contribution in [2.45, 2.75) is 0 Å². The van der Waals surface area contributed by atoms with Crippen LogP contribution in [0.3, 0.4) is 0 Å². The maximum absolute atomic E-state index is 12.9. The molecular weight excluding hydrogens is 436 g/mol. The highest BCUT2D eigenvalue weighted by Crippen LogP contribution is 2.25. The van der Waals surface area contributed by atoms with E-state index >= 15 is 0 Å². The van der Waals surface area contributed by atoms with Crippen molar-refractivity contribution in [3.63, 3.8) is 0 Å². The third-order valence-corrected chi connectivity index (χ3v) is 4.68. The van der Waals surface area contributed by atoms with Gasteiger partial charge in [-0.2, -0.15) is 0 Å². The maximum Gasteiger partial charge on any atom is 0.339 e. The normalized spacial score (nSPS) is 10.7. The molecule has 2 N–H and O–H groups in total. The second kappa shape index (κ2) is 11.9. The van der Waals surface area contributed by atoms with Crippen LogP contribution in [0.25, 0.3) is 11.6 Å². The van der Waals surface area contributed by atoms with Crippen LogP contribution in [0.4, 0.5) is 10.5 Å². The Labute approximate surface area is 197 Å². The SMILES string of the molecule is COc1ccc(NC(=O)NC(=O)COC(=O)/C(=C/c2ccccc2OC)c2ccccc2)cc1. The number of para-hydroxylation sites is 1. The fourth-order valence-electron chi connectivity index (χ4n) is 3.03. The highest BCUT2D eigenvalue weighted by Gasteiger charge is 2.17. The number of rotatable bonds is 8. The summed E-state index contributed by atoms with van der Waals surface area (Å²) < 4.78 is 15.6. The summed E-state index contributed by atoms with van der Waals surface area (Å²) in [7, 11) is 3.07. The molecule has 174 valence electrons. The van der Waals surface area contributed by atoms with E-state index < -0.39 is 24.5 Å². The van der Waals surface area contributed by atoms with Gasteiger partial charge in [0.25, 0.3) is 5.91 Å². The molecule has 0 aliphatic rings. The molecule has 0 unspecified atom stereocenters. The van der Waals surface area contributed by atoms with Gasteiger partial charge in [-0.15, -0.1) is 0 Å². The first-order valence-electron chi connectivity index (χ1n) is 10.3. The van der Waals surface area contributed by atoms with E-state index in [1.165, 1.54) is 14.2 Å². The standard InChI is InChI=1S/C26H24N2O6/c1-32-21-14-12-20(13-15-21)27-26(31)28-24(29)17-34-25(30)22(18-8-4-3-5-9-18)16-19-10-6-7-11-23(19)33-2/h3-16H,17H2,1-2H3,(H2,27,28,29,31)/b22-16+. The van der Waals surface area contributed by atoms with Crippen LogP contribution < -0.4 is 20.1 Å². The van der Waals surface area contributed by atoms with Crippen molar-refractivity contribution < 1.29 is 28.6 Å². The van der Waals surface area contributed by atoms with Crippen molar-refractivity contribution in [1.82, 2.24) is 5.32 Å². The molecule has 0 aromatic heterocycles. The minimum Gasteiger partial charge on any atom is -0.497 e. The Kier molecular flexibility index (Phi) is 8.40. The molecule has 0 fully saturated rings. The molecular formula is C26H24N2O6. The maximum atomic E-state index is 12.9. The molecule has 0 heterocycles. The summed E-state index contributed by atoms with van der Waals surface area (Å²) >= 11 is 0. The number of anilines is 1. The number of carbonyl (C=O) groups excluding carboxylic acids is 3. The van der Waals surface area contributed by atoms with E-state index in [-0.39, 0.29) is 5.57 Å². The van der Waals surface area contributed by atoms with E-state index in [2.05, 4.69) is 10.6 Å². The van der Waals surface area contributed by atoms with Crippen molar-refractivity contribution in [2.75, 3.05) is 26.1 Å². The highest BCUT2D eigenvalue weighted by atomic mass is 16.5. The Hall–Kier alpha value is -4.59. The van der Waals surface area contributed by atoms with Crippen LogP contribution in [0.5, 0.6) is 11.5 Å². The molecule has 8 nitrogen and oxygen atoms in total. The number of carbonyl (C=O) groups is 3. The van der Waals surface area contributed by atoms with Crippen LogP contribution in [0.15, 0.2) is 78.9 Å². The number of amides is 3. The van der Waals surface area contributed by atoms with E-state index in [1.54, 1.807) is 66.7 Å². The van der Waals surface area contributed by atoms with Gasteiger partial charge in [0.1, 0.15) is 11.5 Å². The summed E-state index contributed by atoms with van der Waals surface area (Å²) in [6.07, 6.45) is 1.63. The molecule has 3 rings (SSSR count). The summed E-state index contributed by atoms with van der Waals surface area (Å²) in [5.74, 6) is -0.284. The van der Waals surface area contributed by atoms with Gasteiger partial charge in [0.05, 0.1) is 19.8 Å². The van der Waals surface area contributed by atoms with Gasteiger partial charge in [-0.3, -0.25) is 10.1 Å². The summed E-state index contributed by atoms with van der Waals surface area (Å²) in [4.78, 5) is 37.1. The molecule has 0 atom stereocenters. The molecule has 3 aromatic carbocycles. The number of ether oxygens (including phenoxy) is 3. The summed E-state index contributed by atoms with van der Waals surface area (Å²) in [5, 5.41) is 4.64. The minimum atomic E-state index is -0.774. The third-order valence-electron chi connectivity index (χ3n) is 4.68. The predicted octanol–water partition coefficient (Wildman–Crippen LogP) is 4.14. The van der Waals surface area contributed by atoms with Crippen LogP contribution in [0.1, 0.15) is 11.1 Å². The first kappa shape index (κ1) is 24.1. The number of imide groups is 1. The van der Waals surface area contributed by atoms with E-state index in [9.17, 15) is 14.4 Å². The van der Waals surface area contributed by atoms with Crippen molar-refractivity contribution >= 4 is 35.2 Å². The average molecular weight is 460 g/mol. The topological polar surface area (TPSA) is 103 Å². The van der Waals surface area contributed by atoms with E-state index in [4.69, 9.17) is 14.2 Å². The Morgan fingerprint density at radius 3 is 2.18 bits per heavy atom. The van der Waals surface area contributed by atoms with Gasteiger partial charge in [-0.25, -0.2) is 9.59 Å². The number of urea groups is 1. The molecule has 8 heteroatoms. The number of benzene rings is 3. The van der Waals surface area contributed by atoms with E-state index in [0.29, 0.717) is 28.3 Å². The van der Waals surface area contributed by atoms with Crippen molar-refractivity contribution in [3.05, 3.63) is 90.0 Å². The van der Waals surface area contributed by atoms with Crippen LogP contribution in [0.2, 0.25) is 0 Å². The van der Waals surface area contributed by atoms with Crippen molar-refractivity contribution in [2.24, 2.45) is 0 Å². The molecule has 3 aromatic rings. The number of esters is 1. The van der Waals surface area contributed by atoms with Crippen molar-refractivity contribution in [1.29, 1.82) is 0 Å². The summed E-state index contributed by atoms with van der Waals surface area (Å²) in [5.41, 5.74) is 1.98. The van der Waals surface area contributed by atoms with Crippen LogP contribution in [-0.4, -0.2) is 38.7 Å². The molecule has 0 bridgehead atoms. The molecule has 34 heavy (non-hydrogen) atoms. The molecule has 0 saturated heterocycles. The van der Waals surface area contributed by atoms with E-state index in [1.807, 2.05) is 18.2 Å². The monoisotopic (exact) mass is 460 g/mol. The molecule has 0 radical (unpaired) electrons. The lowest BCUT2D eigenvalue weighted by Gasteiger charge is -2.11. The number of hydrogen-bond donors (Lipinski definition) is 2. The lowest BCUT2D eigenvalue weighted by molar-refractivity contribution is -0.142. The zero-order valence-corrected chi connectivity index (χ0v) is 18.7.